The van der Waals surface area contributed by atoms with Crippen molar-refractivity contribution in [3.63, 3.8) is 0 Å². The third kappa shape index (κ3) is 1.30. The molecule has 4 saturated carbocycles. The first-order valence-corrected chi connectivity index (χ1v) is 10.3. The van der Waals surface area contributed by atoms with Crippen LogP contribution in [-0.4, -0.2) is 17.4 Å². The normalized spacial score (nSPS) is 62.2. The molecule has 7 fully saturated rings. The summed E-state index contributed by atoms with van der Waals surface area (Å²) in [5.74, 6) is 2.68. The van der Waals surface area contributed by atoms with Gasteiger partial charge in [0.15, 0.2) is 0 Å². The van der Waals surface area contributed by atoms with Crippen LogP contribution in [0.1, 0.15) is 83.5 Å². The van der Waals surface area contributed by atoms with Gasteiger partial charge in [-0.05, 0) is 69.6 Å². The predicted octanol–water partition coefficient (Wildman–Crippen LogP) is 4.38. The molecule has 3 saturated heterocycles. The van der Waals surface area contributed by atoms with E-state index in [0.29, 0.717) is 5.41 Å². The molecule has 5 bridgehead atoms. The van der Waals surface area contributed by atoms with Crippen molar-refractivity contribution in [2.75, 3.05) is 0 Å². The van der Waals surface area contributed by atoms with Gasteiger partial charge in [0.05, 0.1) is 5.60 Å². The van der Waals surface area contributed by atoms with Crippen molar-refractivity contribution < 1.29 is 4.74 Å². The molecule has 0 unspecified atom stereocenters. The Labute approximate surface area is 134 Å². The molecule has 0 aromatic heterocycles. The monoisotopic (exact) mass is 301 g/mol. The number of rotatable bonds is 0. The van der Waals surface area contributed by atoms with Crippen molar-refractivity contribution in [2.24, 2.45) is 23.2 Å². The number of hydrogen-bond acceptors (Lipinski definition) is 2. The average Bonchev–Trinajstić information content (AvgIpc) is 2.53. The third-order valence-corrected chi connectivity index (χ3v) is 9.09. The van der Waals surface area contributed by atoms with Crippen molar-refractivity contribution in [3.8, 4) is 0 Å². The van der Waals surface area contributed by atoms with E-state index in [1.54, 1.807) is 0 Å². The van der Waals surface area contributed by atoms with Gasteiger partial charge in [0.2, 0.25) is 0 Å². The van der Waals surface area contributed by atoms with Gasteiger partial charge >= 0.3 is 0 Å². The number of ether oxygens (including phenoxy) is 1. The topological polar surface area (TPSA) is 21.3 Å². The van der Waals surface area contributed by atoms with Crippen LogP contribution in [0.5, 0.6) is 0 Å². The van der Waals surface area contributed by atoms with Crippen LogP contribution in [0.3, 0.4) is 0 Å². The van der Waals surface area contributed by atoms with Gasteiger partial charge in [0, 0.05) is 17.4 Å². The second kappa shape index (κ2) is 4.11. The molecule has 2 nitrogen and oxygen atoms in total. The summed E-state index contributed by atoms with van der Waals surface area (Å²) in [6, 6.07) is 0.804. The van der Waals surface area contributed by atoms with Crippen molar-refractivity contribution in [2.45, 2.75) is 101 Å². The molecule has 0 aromatic carbocycles. The Morgan fingerprint density at radius 1 is 0.818 bits per heavy atom. The summed E-state index contributed by atoms with van der Waals surface area (Å²) in [6.45, 7) is 0. The zero-order valence-electron chi connectivity index (χ0n) is 13.9. The summed E-state index contributed by atoms with van der Waals surface area (Å²) >= 11 is 0. The molecule has 3 heterocycles. The molecule has 2 heteroatoms. The Morgan fingerprint density at radius 2 is 1.68 bits per heavy atom. The Kier molecular flexibility index (Phi) is 2.48. The first-order chi connectivity index (χ1) is 10.8. The van der Waals surface area contributed by atoms with Gasteiger partial charge in [0.25, 0.3) is 0 Å². The third-order valence-electron chi connectivity index (χ3n) is 9.09. The quantitative estimate of drug-likeness (QED) is 0.717. The Morgan fingerprint density at radius 3 is 2.64 bits per heavy atom. The smallest absolute Gasteiger partial charge is 0.123 e. The van der Waals surface area contributed by atoms with E-state index >= 15 is 0 Å². The number of nitrogens with one attached hydrogen (secondary N) is 1. The largest absolute Gasteiger partial charge is 0.353 e. The maximum Gasteiger partial charge on any atom is 0.123 e. The van der Waals surface area contributed by atoms with E-state index in [2.05, 4.69) is 5.32 Å². The molecule has 1 N–H and O–H groups in total. The van der Waals surface area contributed by atoms with Gasteiger partial charge in [-0.15, -0.1) is 0 Å². The van der Waals surface area contributed by atoms with E-state index in [1.807, 2.05) is 0 Å². The lowest BCUT2D eigenvalue weighted by molar-refractivity contribution is -0.394. The minimum Gasteiger partial charge on any atom is -0.353 e. The minimum atomic E-state index is 0.0935. The predicted molar refractivity (Wildman–Crippen MR) is 86.4 cm³/mol. The first kappa shape index (κ1) is 13.2. The summed E-state index contributed by atoms with van der Waals surface area (Å²) in [5.41, 5.74) is 0.894. The molecule has 0 amide bonds. The highest BCUT2D eigenvalue weighted by Crippen LogP contribution is 2.72. The van der Waals surface area contributed by atoms with Gasteiger partial charge in [-0.3, -0.25) is 5.32 Å². The standard InChI is InChI=1S/C20H31NO/c1-3-10-19-15(7-1)12-14-6-5-9-18(19)13-16-8-2-4-11-20(16,22-19)21-17(14)18/h14-17,21H,1-13H2/t14-,15-,16-,17+,18+,19-,20-/m0/s1. The van der Waals surface area contributed by atoms with Crippen molar-refractivity contribution in [1.82, 2.24) is 5.32 Å². The van der Waals surface area contributed by atoms with Crippen LogP contribution in [0.25, 0.3) is 0 Å². The van der Waals surface area contributed by atoms with E-state index in [-0.39, 0.29) is 11.3 Å². The Balaban J connectivity index is 1.54. The van der Waals surface area contributed by atoms with Crippen LogP contribution < -0.4 is 5.32 Å². The highest BCUT2D eigenvalue weighted by atomic mass is 16.5. The summed E-state index contributed by atoms with van der Waals surface area (Å²) in [5, 5.41) is 4.20. The highest BCUT2D eigenvalue weighted by molar-refractivity contribution is 5.26. The Hall–Kier alpha value is -0.0800. The van der Waals surface area contributed by atoms with Crippen LogP contribution >= 0.6 is 0 Å². The molecule has 7 aliphatic rings. The van der Waals surface area contributed by atoms with E-state index in [0.717, 1.165) is 23.8 Å². The molecule has 4 aliphatic carbocycles. The van der Waals surface area contributed by atoms with Gasteiger partial charge in [-0.25, -0.2) is 0 Å². The molecule has 7 rings (SSSR count). The maximum atomic E-state index is 7.30. The molecular formula is C20H31NO. The molecule has 0 radical (unpaired) electrons. The maximum absolute atomic E-state index is 7.30. The lowest BCUT2D eigenvalue weighted by Gasteiger charge is -2.78. The summed E-state index contributed by atoms with van der Waals surface area (Å²) in [6.07, 6.45) is 18.7. The van der Waals surface area contributed by atoms with Gasteiger partial charge in [0.1, 0.15) is 5.72 Å². The van der Waals surface area contributed by atoms with Crippen LogP contribution in [0.2, 0.25) is 0 Å². The van der Waals surface area contributed by atoms with Gasteiger partial charge in [-0.2, -0.15) is 0 Å². The molecular weight excluding hydrogens is 270 g/mol. The van der Waals surface area contributed by atoms with Crippen LogP contribution in [0, 0.1) is 23.2 Å². The van der Waals surface area contributed by atoms with Crippen molar-refractivity contribution in [1.29, 1.82) is 0 Å². The molecule has 0 aromatic rings. The highest BCUT2D eigenvalue weighted by Gasteiger charge is 2.76. The summed E-state index contributed by atoms with van der Waals surface area (Å²) < 4.78 is 7.30. The molecule has 3 spiro atoms. The van der Waals surface area contributed by atoms with E-state index < -0.39 is 0 Å². The fraction of sp³-hybridized carbons (Fsp3) is 1.00. The second-order valence-electron chi connectivity index (χ2n) is 9.64. The fourth-order valence-corrected chi connectivity index (χ4v) is 8.48. The second-order valence-corrected chi connectivity index (χ2v) is 9.64. The van der Waals surface area contributed by atoms with Gasteiger partial charge in [-0.1, -0.05) is 25.7 Å². The molecule has 22 heavy (non-hydrogen) atoms. The summed E-state index contributed by atoms with van der Waals surface area (Å²) in [7, 11) is 0. The minimum absolute atomic E-state index is 0.0935. The molecule has 7 atom stereocenters. The van der Waals surface area contributed by atoms with Gasteiger partial charge < -0.3 is 4.74 Å². The number of piperidine rings is 1. The van der Waals surface area contributed by atoms with E-state index in [4.69, 9.17) is 4.74 Å². The zero-order valence-corrected chi connectivity index (χ0v) is 13.9. The SMILES string of the molecule is C1CC[C@@]23N[C@@H]4[C@H]5CCC[C@]4(C[C@@H]2C1)[C@@]1(CCCC[C@H]1C5)O3. The lowest BCUT2D eigenvalue weighted by atomic mass is 9.40. The molecule has 122 valence electrons. The summed E-state index contributed by atoms with van der Waals surface area (Å²) in [4.78, 5) is 0. The van der Waals surface area contributed by atoms with Crippen molar-refractivity contribution in [3.05, 3.63) is 0 Å². The first-order valence-electron chi connectivity index (χ1n) is 10.3. The Bertz CT molecular complexity index is 504. The van der Waals surface area contributed by atoms with Crippen molar-refractivity contribution >= 4 is 0 Å². The zero-order chi connectivity index (χ0) is 14.4. The average molecular weight is 301 g/mol. The van der Waals surface area contributed by atoms with E-state index in [1.165, 1.54) is 83.5 Å². The van der Waals surface area contributed by atoms with Crippen LogP contribution in [-0.2, 0) is 4.74 Å². The lowest BCUT2D eigenvalue weighted by Crippen LogP contribution is -2.86. The fourth-order valence-electron chi connectivity index (χ4n) is 8.48. The van der Waals surface area contributed by atoms with E-state index in [9.17, 15) is 0 Å². The molecule has 3 aliphatic heterocycles. The van der Waals surface area contributed by atoms with Crippen LogP contribution in [0.4, 0.5) is 0 Å². The van der Waals surface area contributed by atoms with Crippen LogP contribution in [0.15, 0.2) is 0 Å². The number of hydrogen-bond donors (Lipinski definition) is 1.